The molecule has 168 valence electrons. The fourth-order valence-electron chi connectivity index (χ4n) is 3.53. The van der Waals surface area contributed by atoms with Crippen molar-refractivity contribution in [2.45, 2.75) is 4.21 Å². The minimum absolute atomic E-state index is 0.0476. The van der Waals surface area contributed by atoms with Gasteiger partial charge in [0.15, 0.2) is 6.61 Å². The number of carbonyl (C=O) groups is 1. The van der Waals surface area contributed by atoms with Crippen LogP contribution >= 0.6 is 11.3 Å². The average molecular weight is 472 g/mol. The number of sulfonamides is 1. The fraction of sp³-hybridized carbons (Fsp3) is 0.261. The molecule has 0 atom stereocenters. The highest BCUT2D eigenvalue weighted by Crippen LogP contribution is 2.26. The number of carbonyl (C=O) groups excluding carboxylic acids is 1. The van der Waals surface area contributed by atoms with E-state index in [4.69, 9.17) is 4.74 Å². The first-order valence-corrected chi connectivity index (χ1v) is 12.6. The number of anilines is 2. The Morgan fingerprint density at radius 1 is 0.969 bits per heavy atom. The number of hydrogen-bond acceptors (Lipinski definition) is 6. The Morgan fingerprint density at radius 2 is 1.66 bits per heavy atom. The van der Waals surface area contributed by atoms with Crippen molar-refractivity contribution in [3.05, 3.63) is 72.1 Å². The van der Waals surface area contributed by atoms with E-state index in [9.17, 15) is 13.2 Å². The minimum atomic E-state index is -3.58. The molecule has 0 unspecified atom stereocenters. The van der Waals surface area contributed by atoms with Crippen LogP contribution < -0.4 is 13.9 Å². The first kappa shape index (κ1) is 22.2. The molecular weight excluding hydrogens is 446 g/mol. The summed E-state index contributed by atoms with van der Waals surface area (Å²) in [7, 11) is -2.06. The summed E-state index contributed by atoms with van der Waals surface area (Å²) in [4.78, 5) is 16.6. The normalized spacial score (nSPS) is 14.3. The minimum Gasteiger partial charge on any atom is -0.484 e. The van der Waals surface area contributed by atoms with Gasteiger partial charge in [0.2, 0.25) is 0 Å². The molecule has 1 aromatic heterocycles. The van der Waals surface area contributed by atoms with Crippen LogP contribution in [0.4, 0.5) is 11.4 Å². The number of ether oxygens (including phenoxy) is 1. The Bertz CT molecular complexity index is 1130. The van der Waals surface area contributed by atoms with Gasteiger partial charge in [0, 0.05) is 38.9 Å². The van der Waals surface area contributed by atoms with E-state index in [1.54, 1.807) is 41.8 Å². The molecule has 1 aliphatic rings. The molecule has 1 amide bonds. The van der Waals surface area contributed by atoms with Crippen molar-refractivity contribution >= 4 is 38.6 Å². The molecule has 0 saturated carbocycles. The van der Waals surface area contributed by atoms with E-state index in [1.807, 2.05) is 23.1 Å². The van der Waals surface area contributed by atoms with Gasteiger partial charge in [-0.05, 0) is 47.8 Å². The highest BCUT2D eigenvalue weighted by Gasteiger charge is 2.23. The van der Waals surface area contributed by atoms with E-state index in [2.05, 4.69) is 17.0 Å². The number of para-hydroxylation sites is 1. The third-order valence-corrected chi connectivity index (χ3v) is 8.58. The van der Waals surface area contributed by atoms with Gasteiger partial charge in [-0.3, -0.25) is 9.10 Å². The van der Waals surface area contributed by atoms with E-state index in [1.165, 1.54) is 28.4 Å². The van der Waals surface area contributed by atoms with Crippen molar-refractivity contribution in [1.82, 2.24) is 4.90 Å². The first-order valence-electron chi connectivity index (χ1n) is 10.3. The second-order valence-electron chi connectivity index (χ2n) is 7.39. The molecule has 4 rings (SSSR count). The third kappa shape index (κ3) is 4.89. The quantitative estimate of drug-likeness (QED) is 0.529. The van der Waals surface area contributed by atoms with E-state index in [0.717, 1.165) is 13.1 Å². The highest BCUT2D eigenvalue weighted by atomic mass is 32.2. The molecule has 1 saturated heterocycles. The van der Waals surface area contributed by atoms with Gasteiger partial charge in [0.1, 0.15) is 9.96 Å². The number of benzene rings is 2. The van der Waals surface area contributed by atoms with Crippen LogP contribution in [0, 0.1) is 0 Å². The predicted octanol–water partition coefficient (Wildman–Crippen LogP) is 3.30. The smallest absolute Gasteiger partial charge is 0.273 e. The van der Waals surface area contributed by atoms with Crippen molar-refractivity contribution in [1.29, 1.82) is 0 Å². The Morgan fingerprint density at radius 3 is 2.28 bits per heavy atom. The van der Waals surface area contributed by atoms with E-state index < -0.39 is 10.0 Å². The number of piperazine rings is 1. The van der Waals surface area contributed by atoms with Gasteiger partial charge in [-0.25, -0.2) is 8.42 Å². The van der Waals surface area contributed by atoms with Crippen LogP contribution in [0.25, 0.3) is 0 Å². The third-order valence-electron chi connectivity index (χ3n) is 5.43. The number of hydrogen-bond donors (Lipinski definition) is 0. The zero-order valence-corrected chi connectivity index (χ0v) is 19.4. The maximum Gasteiger partial charge on any atom is 0.273 e. The van der Waals surface area contributed by atoms with Gasteiger partial charge >= 0.3 is 0 Å². The van der Waals surface area contributed by atoms with Gasteiger partial charge < -0.3 is 14.5 Å². The fourth-order valence-corrected chi connectivity index (χ4v) is 5.88. The molecule has 0 N–H and O–H groups in total. The van der Waals surface area contributed by atoms with Crippen LogP contribution in [0.2, 0.25) is 0 Å². The summed E-state index contributed by atoms with van der Waals surface area (Å²) < 4.78 is 32.4. The van der Waals surface area contributed by atoms with Gasteiger partial charge in [0.05, 0.1) is 5.69 Å². The van der Waals surface area contributed by atoms with Gasteiger partial charge in [-0.2, -0.15) is 0 Å². The second kappa shape index (κ2) is 9.62. The molecule has 0 spiro atoms. The molecule has 2 aromatic carbocycles. The van der Waals surface area contributed by atoms with Gasteiger partial charge in [-0.1, -0.05) is 24.3 Å². The average Bonchev–Trinajstić information content (AvgIpc) is 3.39. The number of rotatable bonds is 7. The number of nitrogens with zero attached hydrogens (tertiary/aromatic N) is 3. The predicted molar refractivity (Wildman–Crippen MR) is 127 cm³/mol. The van der Waals surface area contributed by atoms with Crippen molar-refractivity contribution in [2.24, 2.45) is 0 Å². The molecule has 0 radical (unpaired) electrons. The summed E-state index contributed by atoms with van der Waals surface area (Å²) in [6, 6.07) is 20.2. The molecule has 0 aliphatic carbocycles. The molecule has 1 aliphatic heterocycles. The van der Waals surface area contributed by atoms with E-state index >= 15 is 0 Å². The van der Waals surface area contributed by atoms with Crippen LogP contribution in [0.15, 0.2) is 76.3 Å². The van der Waals surface area contributed by atoms with Crippen LogP contribution in [-0.4, -0.2) is 59.1 Å². The van der Waals surface area contributed by atoms with E-state index in [0.29, 0.717) is 28.7 Å². The lowest BCUT2D eigenvalue weighted by Crippen LogP contribution is -2.50. The van der Waals surface area contributed by atoms with Crippen LogP contribution in [0.3, 0.4) is 0 Å². The molecule has 2 heterocycles. The second-order valence-corrected chi connectivity index (χ2v) is 10.5. The molecule has 9 heteroatoms. The number of thiophene rings is 1. The number of amides is 1. The summed E-state index contributed by atoms with van der Waals surface area (Å²) >= 11 is 1.18. The van der Waals surface area contributed by atoms with Crippen molar-refractivity contribution in [2.75, 3.05) is 49.0 Å². The maximum atomic E-state index is 12.6. The van der Waals surface area contributed by atoms with Gasteiger partial charge in [0.25, 0.3) is 15.9 Å². The van der Waals surface area contributed by atoms with Gasteiger partial charge in [-0.15, -0.1) is 11.3 Å². The Hall–Kier alpha value is -3.04. The van der Waals surface area contributed by atoms with Crippen molar-refractivity contribution in [3.8, 4) is 5.75 Å². The SMILES string of the molecule is CN(c1ccc(OCC(=O)N2CCN(c3ccccc3)CC2)cc1)S(=O)(=O)c1cccs1. The Labute approximate surface area is 192 Å². The molecule has 7 nitrogen and oxygen atoms in total. The summed E-state index contributed by atoms with van der Waals surface area (Å²) in [5, 5.41) is 1.73. The van der Waals surface area contributed by atoms with Crippen LogP contribution in [0.5, 0.6) is 5.75 Å². The summed E-state index contributed by atoms with van der Waals surface area (Å²) in [6.07, 6.45) is 0. The zero-order chi connectivity index (χ0) is 22.6. The van der Waals surface area contributed by atoms with Crippen molar-refractivity contribution in [3.63, 3.8) is 0 Å². The summed E-state index contributed by atoms with van der Waals surface area (Å²) in [5.41, 5.74) is 1.69. The topological polar surface area (TPSA) is 70.2 Å². The largest absolute Gasteiger partial charge is 0.484 e. The Kier molecular flexibility index (Phi) is 6.66. The highest BCUT2D eigenvalue weighted by molar-refractivity contribution is 7.94. The van der Waals surface area contributed by atoms with Crippen molar-refractivity contribution < 1.29 is 17.9 Å². The molecular formula is C23H25N3O4S2. The van der Waals surface area contributed by atoms with E-state index in [-0.39, 0.29) is 12.5 Å². The Balaban J connectivity index is 1.29. The molecule has 0 bridgehead atoms. The lowest BCUT2D eigenvalue weighted by atomic mass is 10.2. The molecule has 1 fully saturated rings. The monoisotopic (exact) mass is 471 g/mol. The zero-order valence-electron chi connectivity index (χ0n) is 17.8. The van der Waals surface area contributed by atoms with Crippen LogP contribution in [0.1, 0.15) is 0 Å². The maximum absolute atomic E-state index is 12.6. The molecule has 32 heavy (non-hydrogen) atoms. The lowest BCUT2D eigenvalue weighted by molar-refractivity contribution is -0.133. The first-order chi connectivity index (χ1) is 15.4. The lowest BCUT2D eigenvalue weighted by Gasteiger charge is -2.36. The molecule has 3 aromatic rings. The summed E-state index contributed by atoms with van der Waals surface area (Å²) in [5.74, 6) is 0.464. The summed E-state index contributed by atoms with van der Waals surface area (Å²) in [6.45, 7) is 2.84. The standard InChI is InChI=1S/C23H25N3O4S2/c1-24(32(28,29)23-8-5-17-31-23)19-9-11-21(12-10-19)30-18-22(27)26-15-13-25(14-16-26)20-6-3-2-4-7-20/h2-12,17H,13-16,18H2,1H3. The van der Waals surface area contributed by atoms with Crippen LogP contribution in [-0.2, 0) is 14.8 Å².